The summed E-state index contributed by atoms with van der Waals surface area (Å²) >= 11 is 0. The third-order valence-electron chi connectivity index (χ3n) is 2.66. The molecular weight excluding hydrogens is 168 g/mol. The summed E-state index contributed by atoms with van der Waals surface area (Å²) in [5.74, 6) is 0.0176. The minimum atomic E-state index is -0.0719. The fourth-order valence-corrected chi connectivity index (χ4v) is 1.85. The Kier molecular flexibility index (Phi) is 1.83. The van der Waals surface area contributed by atoms with Crippen LogP contribution in [0.1, 0.15) is 6.42 Å². The molecule has 1 fully saturated rings. The van der Waals surface area contributed by atoms with Crippen molar-refractivity contribution < 1.29 is 9.59 Å². The van der Waals surface area contributed by atoms with Crippen molar-refractivity contribution in [2.45, 2.75) is 6.42 Å². The summed E-state index contributed by atoms with van der Waals surface area (Å²) in [6.07, 6.45) is 2.40. The lowest BCUT2D eigenvalue weighted by atomic mass is 9.98. The van der Waals surface area contributed by atoms with Gasteiger partial charge in [-0.1, -0.05) is 0 Å². The zero-order valence-corrected chi connectivity index (χ0v) is 7.54. The lowest BCUT2D eigenvalue weighted by Gasteiger charge is -2.10. The summed E-state index contributed by atoms with van der Waals surface area (Å²) in [6.45, 7) is 1.35. The van der Waals surface area contributed by atoms with Crippen LogP contribution in [0.4, 0.5) is 0 Å². The van der Waals surface area contributed by atoms with Gasteiger partial charge in [0, 0.05) is 26.2 Å². The maximum absolute atomic E-state index is 11.5. The van der Waals surface area contributed by atoms with E-state index in [-0.39, 0.29) is 17.7 Å². The molecule has 1 atom stereocenters. The summed E-state index contributed by atoms with van der Waals surface area (Å²) in [6, 6.07) is 0. The van der Waals surface area contributed by atoms with Crippen LogP contribution in [-0.2, 0) is 9.59 Å². The van der Waals surface area contributed by atoms with E-state index in [1.807, 2.05) is 0 Å². The first-order chi connectivity index (χ1) is 6.18. The van der Waals surface area contributed by atoms with Gasteiger partial charge in [0.15, 0.2) is 0 Å². The SMILES string of the molecule is CN1CCC(C2=CC(=O)NC2)C1=O. The van der Waals surface area contributed by atoms with Crippen LogP contribution in [0.25, 0.3) is 0 Å². The third kappa shape index (κ3) is 1.32. The molecule has 0 saturated carbocycles. The monoisotopic (exact) mass is 180 g/mol. The highest BCUT2D eigenvalue weighted by atomic mass is 16.2. The molecule has 70 valence electrons. The van der Waals surface area contributed by atoms with Gasteiger partial charge in [-0.05, 0) is 12.0 Å². The lowest BCUT2D eigenvalue weighted by Crippen LogP contribution is -2.24. The summed E-state index contributed by atoms with van der Waals surface area (Å²) in [4.78, 5) is 24.1. The van der Waals surface area contributed by atoms with Gasteiger partial charge in [-0.15, -0.1) is 0 Å². The predicted octanol–water partition coefficient (Wildman–Crippen LogP) is -0.479. The average molecular weight is 180 g/mol. The normalized spacial score (nSPS) is 27.9. The van der Waals surface area contributed by atoms with E-state index in [1.165, 1.54) is 0 Å². The van der Waals surface area contributed by atoms with Gasteiger partial charge in [-0.25, -0.2) is 0 Å². The zero-order valence-electron chi connectivity index (χ0n) is 7.54. The maximum atomic E-state index is 11.5. The van der Waals surface area contributed by atoms with Gasteiger partial charge >= 0.3 is 0 Å². The number of carbonyl (C=O) groups is 2. The van der Waals surface area contributed by atoms with E-state index in [2.05, 4.69) is 5.32 Å². The predicted molar refractivity (Wildman–Crippen MR) is 46.8 cm³/mol. The molecule has 0 radical (unpaired) electrons. The Balaban J connectivity index is 2.14. The first-order valence-electron chi connectivity index (χ1n) is 4.42. The first-order valence-corrected chi connectivity index (χ1v) is 4.42. The molecule has 2 heterocycles. The minimum Gasteiger partial charge on any atom is -0.349 e. The van der Waals surface area contributed by atoms with Crippen molar-refractivity contribution in [3.8, 4) is 0 Å². The molecule has 0 aromatic heterocycles. The molecule has 2 aliphatic rings. The van der Waals surface area contributed by atoms with E-state index >= 15 is 0 Å². The van der Waals surface area contributed by atoms with Crippen LogP contribution in [-0.4, -0.2) is 36.9 Å². The minimum absolute atomic E-state index is 0.0519. The maximum Gasteiger partial charge on any atom is 0.244 e. The van der Waals surface area contributed by atoms with Crippen molar-refractivity contribution in [3.05, 3.63) is 11.6 Å². The van der Waals surface area contributed by atoms with E-state index < -0.39 is 0 Å². The van der Waals surface area contributed by atoms with Crippen molar-refractivity contribution in [2.24, 2.45) is 5.92 Å². The molecular formula is C9H12N2O2. The van der Waals surface area contributed by atoms with E-state index in [9.17, 15) is 9.59 Å². The number of likely N-dealkylation sites (tertiary alicyclic amines) is 1. The van der Waals surface area contributed by atoms with E-state index in [4.69, 9.17) is 0 Å². The number of hydrogen-bond donors (Lipinski definition) is 1. The molecule has 1 unspecified atom stereocenters. The number of amides is 2. The Bertz CT molecular complexity index is 296. The highest BCUT2D eigenvalue weighted by molar-refractivity contribution is 5.94. The van der Waals surface area contributed by atoms with Gasteiger partial charge in [-0.2, -0.15) is 0 Å². The number of hydrogen-bond acceptors (Lipinski definition) is 2. The van der Waals surface area contributed by atoms with Crippen LogP contribution < -0.4 is 5.32 Å². The molecule has 1 N–H and O–H groups in total. The van der Waals surface area contributed by atoms with Gasteiger partial charge in [0.25, 0.3) is 0 Å². The smallest absolute Gasteiger partial charge is 0.244 e. The van der Waals surface area contributed by atoms with Gasteiger partial charge < -0.3 is 10.2 Å². The van der Waals surface area contributed by atoms with Crippen LogP contribution in [0.15, 0.2) is 11.6 Å². The molecule has 0 aromatic carbocycles. The van der Waals surface area contributed by atoms with Crippen LogP contribution in [0.5, 0.6) is 0 Å². The van der Waals surface area contributed by atoms with Crippen LogP contribution in [0.3, 0.4) is 0 Å². The highest BCUT2D eigenvalue weighted by Gasteiger charge is 2.33. The van der Waals surface area contributed by atoms with Gasteiger partial charge in [0.2, 0.25) is 11.8 Å². The number of carbonyl (C=O) groups excluding carboxylic acids is 2. The second-order valence-electron chi connectivity index (χ2n) is 3.54. The lowest BCUT2D eigenvalue weighted by molar-refractivity contribution is -0.128. The fourth-order valence-electron chi connectivity index (χ4n) is 1.85. The second-order valence-corrected chi connectivity index (χ2v) is 3.54. The Morgan fingerprint density at radius 3 is 2.77 bits per heavy atom. The first kappa shape index (κ1) is 8.29. The molecule has 2 aliphatic heterocycles. The Morgan fingerprint density at radius 2 is 2.31 bits per heavy atom. The van der Waals surface area contributed by atoms with Gasteiger partial charge in [0.1, 0.15) is 0 Å². The van der Waals surface area contributed by atoms with Crippen molar-refractivity contribution in [1.82, 2.24) is 10.2 Å². The highest BCUT2D eigenvalue weighted by Crippen LogP contribution is 2.25. The van der Waals surface area contributed by atoms with Crippen molar-refractivity contribution >= 4 is 11.8 Å². The van der Waals surface area contributed by atoms with Crippen molar-refractivity contribution in [1.29, 1.82) is 0 Å². The Hall–Kier alpha value is -1.32. The molecule has 4 nitrogen and oxygen atoms in total. The summed E-state index contributed by atoms with van der Waals surface area (Å²) in [7, 11) is 1.80. The van der Waals surface area contributed by atoms with E-state index in [0.717, 1.165) is 18.5 Å². The zero-order chi connectivity index (χ0) is 9.42. The molecule has 1 saturated heterocycles. The van der Waals surface area contributed by atoms with Crippen LogP contribution >= 0.6 is 0 Å². The van der Waals surface area contributed by atoms with Crippen LogP contribution in [0.2, 0.25) is 0 Å². The van der Waals surface area contributed by atoms with Crippen molar-refractivity contribution in [2.75, 3.05) is 20.1 Å². The molecule has 4 heteroatoms. The third-order valence-corrected chi connectivity index (χ3v) is 2.66. The summed E-state index contributed by atoms with van der Waals surface area (Å²) < 4.78 is 0. The number of nitrogens with zero attached hydrogens (tertiary/aromatic N) is 1. The average Bonchev–Trinajstić information content (AvgIpc) is 2.62. The van der Waals surface area contributed by atoms with E-state index in [1.54, 1.807) is 18.0 Å². The topological polar surface area (TPSA) is 49.4 Å². The van der Waals surface area contributed by atoms with Crippen LogP contribution in [0, 0.1) is 5.92 Å². The molecule has 2 amide bonds. The molecule has 2 rings (SSSR count). The Morgan fingerprint density at radius 1 is 1.54 bits per heavy atom. The largest absolute Gasteiger partial charge is 0.349 e. The molecule has 13 heavy (non-hydrogen) atoms. The standard InChI is InChI=1S/C9H12N2O2/c1-11-3-2-7(9(11)13)6-4-8(12)10-5-6/h4,7H,2-3,5H2,1H3,(H,10,12). The quantitative estimate of drug-likeness (QED) is 0.592. The summed E-state index contributed by atoms with van der Waals surface area (Å²) in [5, 5.41) is 2.68. The summed E-state index contributed by atoms with van der Waals surface area (Å²) in [5.41, 5.74) is 0.944. The Labute approximate surface area is 76.6 Å². The van der Waals surface area contributed by atoms with Gasteiger partial charge in [-0.3, -0.25) is 9.59 Å². The fraction of sp³-hybridized carbons (Fsp3) is 0.556. The molecule has 0 aliphatic carbocycles. The van der Waals surface area contributed by atoms with Crippen molar-refractivity contribution in [3.63, 3.8) is 0 Å². The molecule has 0 bridgehead atoms. The second kappa shape index (κ2) is 2.87. The number of rotatable bonds is 1. The molecule has 0 spiro atoms. The van der Waals surface area contributed by atoms with Gasteiger partial charge in [0.05, 0.1) is 5.92 Å². The molecule has 0 aromatic rings. The number of nitrogens with one attached hydrogen (secondary N) is 1. The van der Waals surface area contributed by atoms with E-state index in [0.29, 0.717) is 6.54 Å².